The van der Waals surface area contributed by atoms with E-state index in [0.29, 0.717) is 6.61 Å². The smallest absolute Gasteiger partial charge is 0.232 e. The van der Waals surface area contributed by atoms with E-state index in [0.717, 1.165) is 12.8 Å². The second kappa shape index (κ2) is 6.95. The lowest BCUT2D eigenvalue weighted by molar-refractivity contribution is -0.110. The van der Waals surface area contributed by atoms with Crippen LogP contribution in [0.3, 0.4) is 0 Å². The van der Waals surface area contributed by atoms with Crippen LogP contribution >= 0.6 is 10.7 Å². The zero-order valence-electron chi connectivity index (χ0n) is 13.1. The maximum absolute atomic E-state index is 11.3. The first-order valence-electron chi connectivity index (χ1n) is 7.16. The molecule has 1 heterocycles. The Morgan fingerprint density at radius 3 is 2.15 bits per heavy atom. The van der Waals surface area contributed by atoms with Gasteiger partial charge in [0, 0.05) is 16.6 Å². The van der Waals surface area contributed by atoms with E-state index < -0.39 is 9.05 Å². The van der Waals surface area contributed by atoms with E-state index in [2.05, 4.69) is 0 Å². The first-order chi connectivity index (χ1) is 8.97. The van der Waals surface area contributed by atoms with Gasteiger partial charge in [-0.05, 0) is 32.1 Å². The number of halogens is 1. The highest BCUT2D eigenvalue weighted by Crippen LogP contribution is 2.30. The second-order valence-corrected chi connectivity index (χ2v) is 9.77. The highest BCUT2D eigenvalue weighted by molar-refractivity contribution is 8.13. The molecule has 120 valence electrons. The molecule has 0 N–H and O–H groups in total. The lowest BCUT2D eigenvalue weighted by Gasteiger charge is -2.35. The van der Waals surface area contributed by atoms with Crippen molar-refractivity contribution in [3.05, 3.63) is 0 Å². The van der Waals surface area contributed by atoms with Crippen molar-refractivity contribution in [1.82, 2.24) is 0 Å². The summed E-state index contributed by atoms with van der Waals surface area (Å²) in [6.45, 7) is 10.5. The minimum Gasteiger partial charge on any atom is -0.378 e. The Kier molecular flexibility index (Phi) is 6.32. The average Bonchev–Trinajstić information content (AvgIpc) is 2.19. The van der Waals surface area contributed by atoms with Gasteiger partial charge in [0.15, 0.2) is 0 Å². The summed E-state index contributed by atoms with van der Waals surface area (Å²) in [5.74, 6) is -0.162. The van der Waals surface area contributed by atoms with Gasteiger partial charge < -0.3 is 9.47 Å². The molecule has 3 atom stereocenters. The lowest BCUT2D eigenvalue weighted by atomic mass is 9.82. The van der Waals surface area contributed by atoms with Crippen LogP contribution in [-0.4, -0.2) is 39.1 Å². The number of ether oxygens (including phenoxy) is 2. The van der Waals surface area contributed by atoms with E-state index in [1.54, 1.807) is 0 Å². The van der Waals surface area contributed by atoms with Crippen molar-refractivity contribution in [2.75, 3.05) is 12.4 Å². The highest BCUT2D eigenvalue weighted by Gasteiger charge is 2.31. The van der Waals surface area contributed by atoms with Crippen molar-refractivity contribution in [3.8, 4) is 0 Å². The molecule has 1 rings (SSSR count). The largest absolute Gasteiger partial charge is 0.378 e. The van der Waals surface area contributed by atoms with E-state index in [-0.39, 0.29) is 35.4 Å². The fourth-order valence-corrected chi connectivity index (χ4v) is 4.05. The monoisotopic (exact) mass is 326 g/mol. The molecule has 0 saturated carbocycles. The first-order valence-corrected chi connectivity index (χ1v) is 9.64. The summed E-state index contributed by atoms with van der Waals surface area (Å²) < 4.78 is 34.3. The molecule has 0 radical (unpaired) electrons. The van der Waals surface area contributed by atoms with Gasteiger partial charge in [0.05, 0.1) is 30.7 Å². The zero-order valence-corrected chi connectivity index (χ0v) is 14.6. The van der Waals surface area contributed by atoms with Crippen molar-refractivity contribution in [1.29, 1.82) is 0 Å². The third-order valence-electron chi connectivity index (χ3n) is 3.81. The Hall–Kier alpha value is 0.160. The van der Waals surface area contributed by atoms with E-state index >= 15 is 0 Å². The van der Waals surface area contributed by atoms with Gasteiger partial charge in [0.1, 0.15) is 0 Å². The summed E-state index contributed by atoms with van der Waals surface area (Å²) in [5.41, 5.74) is -0.162. The normalized spacial score (nSPS) is 30.2. The molecule has 0 aromatic carbocycles. The Balaban J connectivity index is 2.58. The fraction of sp³-hybridized carbons (Fsp3) is 1.00. The molecule has 6 heteroatoms. The Bertz CT molecular complexity index is 392. The summed E-state index contributed by atoms with van der Waals surface area (Å²) in [5, 5.41) is 0. The number of hydrogen-bond donors (Lipinski definition) is 0. The molecule has 3 unspecified atom stereocenters. The Morgan fingerprint density at radius 1 is 1.25 bits per heavy atom. The molecule has 0 aliphatic carbocycles. The van der Waals surface area contributed by atoms with Crippen LogP contribution in [-0.2, 0) is 18.5 Å². The van der Waals surface area contributed by atoms with Gasteiger partial charge in [0.2, 0.25) is 9.05 Å². The van der Waals surface area contributed by atoms with Gasteiger partial charge in [-0.15, -0.1) is 0 Å². The highest BCUT2D eigenvalue weighted by atomic mass is 35.7. The molecule has 1 aliphatic heterocycles. The molecule has 1 saturated heterocycles. The quantitative estimate of drug-likeness (QED) is 0.728. The van der Waals surface area contributed by atoms with Gasteiger partial charge in [0.25, 0.3) is 0 Å². The molecule has 0 spiro atoms. The van der Waals surface area contributed by atoms with Crippen LogP contribution in [0.5, 0.6) is 0 Å². The summed E-state index contributed by atoms with van der Waals surface area (Å²) in [6.07, 6.45) is 2.22. The second-order valence-electron chi connectivity index (χ2n) is 6.95. The molecular weight excluding hydrogens is 300 g/mol. The van der Waals surface area contributed by atoms with Gasteiger partial charge in [-0.2, -0.15) is 0 Å². The van der Waals surface area contributed by atoms with Crippen LogP contribution in [0.4, 0.5) is 0 Å². The van der Waals surface area contributed by atoms with E-state index in [9.17, 15) is 8.42 Å². The Labute approximate surface area is 127 Å². The van der Waals surface area contributed by atoms with Crippen molar-refractivity contribution >= 4 is 19.7 Å². The number of rotatable bonds is 5. The minimum absolute atomic E-state index is 0.0492. The van der Waals surface area contributed by atoms with Gasteiger partial charge in [-0.1, -0.05) is 20.8 Å². The van der Waals surface area contributed by atoms with Crippen molar-refractivity contribution in [2.45, 2.75) is 65.8 Å². The summed E-state index contributed by atoms with van der Waals surface area (Å²) in [4.78, 5) is 0. The predicted octanol–water partition coefficient (Wildman–Crippen LogP) is 3.19. The molecule has 4 nitrogen and oxygen atoms in total. The number of hydrogen-bond acceptors (Lipinski definition) is 4. The van der Waals surface area contributed by atoms with Crippen LogP contribution < -0.4 is 0 Å². The standard InChI is InChI=1S/C14H27ClO4S/c1-10-6-13(7-11(2)19-10)18-8-12(14(3,4)5)9-20(15,16)17/h10-13H,6-9H2,1-5H3. The molecule has 1 aliphatic rings. The van der Waals surface area contributed by atoms with E-state index in [4.69, 9.17) is 20.2 Å². The van der Waals surface area contributed by atoms with E-state index in [1.807, 2.05) is 34.6 Å². The molecule has 0 aromatic heterocycles. The van der Waals surface area contributed by atoms with Crippen molar-refractivity contribution < 1.29 is 17.9 Å². The van der Waals surface area contributed by atoms with Crippen LogP contribution in [0.15, 0.2) is 0 Å². The van der Waals surface area contributed by atoms with Gasteiger partial charge >= 0.3 is 0 Å². The maximum Gasteiger partial charge on any atom is 0.232 e. The molecule has 20 heavy (non-hydrogen) atoms. The summed E-state index contributed by atoms with van der Waals surface area (Å²) in [7, 11) is 1.89. The predicted molar refractivity (Wildman–Crippen MR) is 81.6 cm³/mol. The Morgan fingerprint density at radius 2 is 1.75 bits per heavy atom. The molecule has 0 aromatic rings. The van der Waals surface area contributed by atoms with Crippen LogP contribution in [0, 0.1) is 11.3 Å². The molecule has 1 fully saturated rings. The summed E-state index contributed by atoms with van der Waals surface area (Å²) >= 11 is 0. The minimum atomic E-state index is -3.51. The topological polar surface area (TPSA) is 52.6 Å². The maximum atomic E-state index is 11.3. The molecule has 0 bridgehead atoms. The third-order valence-corrected chi connectivity index (χ3v) is 4.99. The fourth-order valence-electron chi connectivity index (χ4n) is 2.52. The van der Waals surface area contributed by atoms with Crippen LogP contribution in [0.1, 0.15) is 47.5 Å². The molecule has 0 amide bonds. The molecular formula is C14H27ClO4S. The lowest BCUT2D eigenvalue weighted by Crippen LogP contribution is -2.37. The van der Waals surface area contributed by atoms with Crippen LogP contribution in [0.25, 0.3) is 0 Å². The summed E-state index contributed by atoms with van der Waals surface area (Å²) in [6, 6.07) is 0. The van der Waals surface area contributed by atoms with Crippen molar-refractivity contribution in [3.63, 3.8) is 0 Å². The van der Waals surface area contributed by atoms with Gasteiger partial charge in [-0.25, -0.2) is 8.42 Å². The van der Waals surface area contributed by atoms with E-state index in [1.165, 1.54) is 0 Å². The zero-order chi connectivity index (χ0) is 15.6. The van der Waals surface area contributed by atoms with Crippen molar-refractivity contribution in [2.24, 2.45) is 11.3 Å². The van der Waals surface area contributed by atoms with Gasteiger partial charge in [-0.3, -0.25) is 0 Å². The third kappa shape index (κ3) is 6.74. The SMILES string of the molecule is CC1CC(OCC(CS(=O)(=O)Cl)C(C)(C)C)CC(C)O1. The van der Waals surface area contributed by atoms with Crippen LogP contribution in [0.2, 0.25) is 0 Å². The average molecular weight is 327 g/mol. The first kappa shape index (κ1) is 18.2.